The molecule has 0 aliphatic rings. The lowest BCUT2D eigenvalue weighted by atomic mass is 10.1. The number of benzene rings is 2. The van der Waals surface area contributed by atoms with E-state index in [-0.39, 0.29) is 20.7 Å². The molecule has 0 aliphatic carbocycles. The van der Waals surface area contributed by atoms with Crippen LogP contribution in [0.25, 0.3) is 0 Å². The summed E-state index contributed by atoms with van der Waals surface area (Å²) in [7, 11) is -4.13. The summed E-state index contributed by atoms with van der Waals surface area (Å²) in [6.07, 6.45) is 0. The molecule has 3 rings (SSSR count). The van der Waals surface area contributed by atoms with Crippen LogP contribution < -0.4 is 15.4 Å². The van der Waals surface area contributed by atoms with E-state index in [0.717, 1.165) is 0 Å². The van der Waals surface area contributed by atoms with E-state index in [9.17, 15) is 18.0 Å². The minimum Gasteiger partial charge on any atom is -0.347 e. The van der Waals surface area contributed by atoms with Crippen molar-refractivity contribution in [2.45, 2.75) is 30.6 Å². The zero-order valence-electron chi connectivity index (χ0n) is 17.0. The molecule has 3 aromatic rings. The summed E-state index contributed by atoms with van der Waals surface area (Å²) in [5.41, 5.74) is 0.185. The van der Waals surface area contributed by atoms with Crippen molar-refractivity contribution in [3.63, 3.8) is 0 Å². The molecule has 0 bridgehead atoms. The van der Waals surface area contributed by atoms with Crippen molar-refractivity contribution < 1.29 is 18.0 Å². The smallest absolute Gasteiger partial charge is 0.291 e. The van der Waals surface area contributed by atoms with Crippen molar-refractivity contribution in [2.24, 2.45) is 0 Å². The van der Waals surface area contributed by atoms with Crippen molar-refractivity contribution in [2.75, 3.05) is 10.0 Å². The monoisotopic (exact) mass is 459 g/mol. The van der Waals surface area contributed by atoms with Crippen LogP contribution in [0.2, 0.25) is 0 Å². The molecule has 2 amide bonds. The van der Waals surface area contributed by atoms with Gasteiger partial charge in [-0.1, -0.05) is 41.7 Å². The fourth-order valence-electron chi connectivity index (χ4n) is 2.49. The number of nitrogens with zero attached hydrogens (tertiary/aromatic N) is 2. The van der Waals surface area contributed by atoms with Gasteiger partial charge in [-0.25, -0.2) is 0 Å². The van der Waals surface area contributed by atoms with Crippen molar-refractivity contribution in [1.82, 2.24) is 15.5 Å². The molecule has 0 atom stereocenters. The highest BCUT2D eigenvalue weighted by atomic mass is 32.2. The van der Waals surface area contributed by atoms with Crippen molar-refractivity contribution in [3.05, 3.63) is 65.7 Å². The fraction of sp³-hybridized carbons (Fsp3) is 0.200. The van der Waals surface area contributed by atoms with E-state index in [1.165, 1.54) is 12.1 Å². The molecule has 0 aliphatic heterocycles. The molecule has 0 unspecified atom stereocenters. The Morgan fingerprint density at radius 3 is 2.23 bits per heavy atom. The van der Waals surface area contributed by atoms with Gasteiger partial charge in [-0.3, -0.25) is 19.6 Å². The summed E-state index contributed by atoms with van der Waals surface area (Å²) in [5.74, 6) is -0.850. The van der Waals surface area contributed by atoms with Crippen LogP contribution in [0.4, 0.5) is 10.8 Å². The average molecular weight is 460 g/mol. The summed E-state index contributed by atoms with van der Waals surface area (Å²) < 4.78 is 27.6. The molecule has 0 radical (unpaired) electrons. The first-order valence-corrected chi connectivity index (χ1v) is 11.5. The van der Waals surface area contributed by atoms with Gasteiger partial charge in [0.05, 0.1) is 11.3 Å². The molecular formula is C20H21N5O4S2. The van der Waals surface area contributed by atoms with Gasteiger partial charge in [0, 0.05) is 11.1 Å². The highest BCUT2D eigenvalue weighted by Crippen LogP contribution is 2.25. The van der Waals surface area contributed by atoms with Gasteiger partial charge in [0.15, 0.2) is 0 Å². The quantitative estimate of drug-likeness (QED) is 0.486. The number of carbonyl (C=O) groups is 2. The molecule has 162 valence electrons. The summed E-state index contributed by atoms with van der Waals surface area (Å²) in [6.45, 7) is 5.47. The third-order valence-electron chi connectivity index (χ3n) is 3.80. The second-order valence-corrected chi connectivity index (χ2v) is 10.4. The van der Waals surface area contributed by atoms with Crippen LogP contribution in [0.3, 0.4) is 0 Å². The maximum absolute atomic E-state index is 12.8. The maximum atomic E-state index is 12.8. The Kier molecular flexibility index (Phi) is 6.37. The minimum absolute atomic E-state index is 0.0352. The molecule has 11 heteroatoms. The molecular weight excluding hydrogens is 438 g/mol. The summed E-state index contributed by atoms with van der Waals surface area (Å²) >= 11 is 0.701. The standard InChI is InChI=1S/C20H21N5O4S2/c1-20(2,3)22-17(27)14-11-7-8-12-15(14)25-31(28,29)19-24-23-18(30-19)21-16(26)13-9-5-4-6-10-13/h4-12,25H,1-3H3,(H,22,27)(H,21,23,26). The van der Waals surface area contributed by atoms with Crippen LogP contribution in [-0.2, 0) is 10.0 Å². The van der Waals surface area contributed by atoms with Gasteiger partial charge in [0.2, 0.25) is 5.13 Å². The highest BCUT2D eigenvalue weighted by Gasteiger charge is 2.24. The van der Waals surface area contributed by atoms with Gasteiger partial charge in [-0.05, 0) is 45.0 Å². The largest absolute Gasteiger partial charge is 0.347 e. The number of rotatable bonds is 6. The Bertz CT molecular complexity index is 1200. The van der Waals surface area contributed by atoms with Crippen LogP contribution in [0.5, 0.6) is 0 Å². The fourth-order valence-corrected chi connectivity index (χ4v) is 4.47. The molecule has 2 aromatic carbocycles. The zero-order chi connectivity index (χ0) is 22.6. The molecule has 1 heterocycles. The number of anilines is 2. The number of para-hydroxylation sites is 1. The minimum atomic E-state index is -4.13. The number of sulfonamides is 1. The van der Waals surface area contributed by atoms with E-state index in [2.05, 4.69) is 25.6 Å². The third kappa shape index (κ3) is 5.86. The van der Waals surface area contributed by atoms with Gasteiger partial charge in [0.25, 0.3) is 26.2 Å². The van der Waals surface area contributed by atoms with Crippen LogP contribution in [0.1, 0.15) is 41.5 Å². The molecule has 1 aromatic heterocycles. The zero-order valence-corrected chi connectivity index (χ0v) is 18.7. The van der Waals surface area contributed by atoms with Gasteiger partial charge < -0.3 is 5.32 Å². The first-order valence-electron chi connectivity index (χ1n) is 9.19. The van der Waals surface area contributed by atoms with Crippen molar-refractivity contribution in [1.29, 1.82) is 0 Å². The molecule has 0 spiro atoms. The normalized spacial score (nSPS) is 11.6. The number of amides is 2. The molecule has 9 nitrogen and oxygen atoms in total. The summed E-state index contributed by atoms with van der Waals surface area (Å²) in [4.78, 5) is 24.8. The molecule has 0 saturated heterocycles. The van der Waals surface area contributed by atoms with Crippen LogP contribution >= 0.6 is 11.3 Å². The van der Waals surface area contributed by atoms with Crippen molar-refractivity contribution in [3.8, 4) is 0 Å². The number of carbonyl (C=O) groups excluding carboxylic acids is 2. The van der Waals surface area contributed by atoms with Gasteiger partial charge in [-0.15, -0.1) is 10.2 Å². The Morgan fingerprint density at radius 2 is 1.55 bits per heavy atom. The van der Waals surface area contributed by atoms with Gasteiger partial charge >= 0.3 is 0 Å². The topological polar surface area (TPSA) is 130 Å². The lowest BCUT2D eigenvalue weighted by molar-refractivity contribution is 0.0919. The molecule has 3 N–H and O–H groups in total. The average Bonchev–Trinajstić information content (AvgIpc) is 3.17. The van der Waals surface area contributed by atoms with Crippen LogP contribution in [-0.4, -0.2) is 36.0 Å². The lowest BCUT2D eigenvalue weighted by Crippen LogP contribution is -2.40. The van der Waals surface area contributed by atoms with E-state index in [0.29, 0.717) is 16.9 Å². The Labute approximate surface area is 184 Å². The molecule has 0 saturated carbocycles. The SMILES string of the molecule is CC(C)(C)NC(=O)c1ccccc1NS(=O)(=O)c1nnc(NC(=O)c2ccccc2)s1. The van der Waals surface area contributed by atoms with E-state index in [1.54, 1.807) is 42.5 Å². The van der Waals surface area contributed by atoms with Crippen LogP contribution in [0, 0.1) is 0 Å². The first-order chi connectivity index (χ1) is 14.5. The lowest BCUT2D eigenvalue weighted by Gasteiger charge is -2.21. The number of aromatic nitrogens is 2. The number of hydrogen-bond acceptors (Lipinski definition) is 7. The Balaban J connectivity index is 1.78. The third-order valence-corrected chi connectivity index (χ3v) is 6.37. The second-order valence-electron chi connectivity index (χ2n) is 7.55. The van der Waals surface area contributed by atoms with E-state index in [1.807, 2.05) is 20.8 Å². The van der Waals surface area contributed by atoms with Crippen LogP contribution in [0.15, 0.2) is 58.9 Å². The Hall–Kier alpha value is -3.31. The molecule has 0 fully saturated rings. The predicted octanol–water partition coefficient (Wildman–Crippen LogP) is 3.12. The van der Waals surface area contributed by atoms with Crippen molar-refractivity contribution >= 4 is 44.0 Å². The van der Waals surface area contributed by atoms with Gasteiger partial charge in [0.1, 0.15) is 0 Å². The summed E-state index contributed by atoms with van der Waals surface area (Å²) in [5, 5.41) is 12.8. The number of nitrogens with one attached hydrogen (secondary N) is 3. The predicted molar refractivity (Wildman–Crippen MR) is 119 cm³/mol. The number of hydrogen-bond donors (Lipinski definition) is 3. The summed E-state index contributed by atoms with van der Waals surface area (Å²) in [6, 6.07) is 14.7. The highest BCUT2D eigenvalue weighted by molar-refractivity contribution is 7.94. The maximum Gasteiger partial charge on any atom is 0.291 e. The second kappa shape index (κ2) is 8.82. The van der Waals surface area contributed by atoms with E-state index in [4.69, 9.17) is 0 Å². The molecule has 31 heavy (non-hydrogen) atoms. The Morgan fingerprint density at radius 1 is 0.903 bits per heavy atom. The van der Waals surface area contributed by atoms with Gasteiger partial charge in [-0.2, -0.15) is 8.42 Å². The van der Waals surface area contributed by atoms with E-state index >= 15 is 0 Å². The first kappa shape index (κ1) is 22.4. The van der Waals surface area contributed by atoms with E-state index < -0.39 is 27.4 Å².